The summed E-state index contributed by atoms with van der Waals surface area (Å²) < 4.78 is 5.54. The van der Waals surface area contributed by atoms with Gasteiger partial charge in [0.1, 0.15) is 0 Å². The van der Waals surface area contributed by atoms with Gasteiger partial charge in [-0.1, -0.05) is 12.7 Å². The Morgan fingerprint density at radius 1 is 1.62 bits per heavy atom. The maximum atomic E-state index is 5.54. The maximum Gasteiger partial charge on any atom is 0.0995 e. The topological polar surface area (TPSA) is 22.1 Å². The SMILES string of the molecule is C=Cc1ccnc(C2CCCO2)c1. The molecule has 0 aliphatic carbocycles. The summed E-state index contributed by atoms with van der Waals surface area (Å²) in [6.07, 6.45) is 6.09. The zero-order valence-corrected chi connectivity index (χ0v) is 7.57. The van der Waals surface area contributed by atoms with Gasteiger partial charge < -0.3 is 4.74 Å². The number of pyridine rings is 1. The summed E-state index contributed by atoms with van der Waals surface area (Å²) in [4.78, 5) is 4.30. The van der Waals surface area contributed by atoms with E-state index in [-0.39, 0.29) is 6.10 Å². The van der Waals surface area contributed by atoms with Crippen LogP contribution in [0.2, 0.25) is 0 Å². The van der Waals surface area contributed by atoms with E-state index in [0.717, 1.165) is 30.7 Å². The van der Waals surface area contributed by atoms with Gasteiger partial charge in [0, 0.05) is 12.8 Å². The van der Waals surface area contributed by atoms with Crippen LogP contribution >= 0.6 is 0 Å². The van der Waals surface area contributed by atoms with Crippen molar-refractivity contribution in [1.29, 1.82) is 0 Å². The second-order valence-electron chi connectivity index (χ2n) is 3.22. The molecule has 1 aromatic heterocycles. The second kappa shape index (κ2) is 3.71. The fraction of sp³-hybridized carbons (Fsp3) is 0.364. The van der Waals surface area contributed by atoms with Crippen molar-refractivity contribution < 1.29 is 4.74 Å². The van der Waals surface area contributed by atoms with Crippen LogP contribution in [0.5, 0.6) is 0 Å². The molecule has 2 heteroatoms. The third kappa shape index (κ3) is 1.78. The fourth-order valence-electron chi connectivity index (χ4n) is 1.58. The molecule has 2 heterocycles. The molecular weight excluding hydrogens is 162 g/mol. The van der Waals surface area contributed by atoms with Gasteiger partial charge in [-0.25, -0.2) is 0 Å². The van der Waals surface area contributed by atoms with Crippen LogP contribution in [0.25, 0.3) is 6.08 Å². The van der Waals surface area contributed by atoms with Gasteiger partial charge in [0.15, 0.2) is 0 Å². The molecule has 0 N–H and O–H groups in total. The minimum Gasteiger partial charge on any atom is -0.372 e. The largest absolute Gasteiger partial charge is 0.372 e. The Kier molecular flexibility index (Phi) is 2.41. The zero-order valence-electron chi connectivity index (χ0n) is 7.57. The molecule has 1 aliphatic rings. The lowest BCUT2D eigenvalue weighted by Crippen LogP contribution is -1.98. The predicted octanol–water partition coefficient (Wildman–Crippen LogP) is 2.58. The molecule has 1 atom stereocenters. The number of rotatable bonds is 2. The molecule has 0 amide bonds. The highest BCUT2D eigenvalue weighted by Crippen LogP contribution is 2.27. The summed E-state index contributed by atoms with van der Waals surface area (Å²) >= 11 is 0. The highest BCUT2D eigenvalue weighted by Gasteiger charge is 2.18. The molecule has 0 radical (unpaired) electrons. The van der Waals surface area contributed by atoms with Crippen molar-refractivity contribution in [2.24, 2.45) is 0 Å². The second-order valence-corrected chi connectivity index (χ2v) is 3.22. The molecule has 0 aromatic carbocycles. The Bertz CT molecular complexity index is 303. The van der Waals surface area contributed by atoms with Crippen LogP contribution in [-0.2, 0) is 4.74 Å². The Morgan fingerprint density at radius 2 is 2.54 bits per heavy atom. The molecule has 68 valence electrons. The lowest BCUT2D eigenvalue weighted by atomic mass is 10.1. The Labute approximate surface area is 78.3 Å². The van der Waals surface area contributed by atoms with E-state index in [0.29, 0.717) is 0 Å². The van der Waals surface area contributed by atoms with Crippen molar-refractivity contribution in [3.8, 4) is 0 Å². The van der Waals surface area contributed by atoms with Crippen LogP contribution in [0.15, 0.2) is 24.9 Å². The lowest BCUT2D eigenvalue weighted by molar-refractivity contribution is 0.108. The first-order chi connectivity index (χ1) is 6.40. The Hall–Kier alpha value is -1.15. The quantitative estimate of drug-likeness (QED) is 0.689. The van der Waals surface area contributed by atoms with Crippen LogP contribution in [0.1, 0.15) is 30.2 Å². The van der Waals surface area contributed by atoms with E-state index in [4.69, 9.17) is 4.74 Å². The molecule has 1 aromatic rings. The van der Waals surface area contributed by atoms with Gasteiger partial charge in [-0.3, -0.25) is 4.98 Å². The minimum atomic E-state index is 0.208. The summed E-state index contributed by atoms with van der Waals surface area (Å²) in [6, 6.07) is 3.99. The van der Waals surface area contributed by atoms with E-state index in [2.05, 4.69) is 11.6 Å². The molecule has 2 rings (SSSR count). The monoisotopic (exact) mass is 175 g/mol. The summed E-state index contributed by atoms with van der Waals surface area (Å²) in [5.41, 5.74) is 2.15. The Balaban J connectivity index is 2.23. The first-order valence-corrected chi connectivity index (χ1v) is 4.60. The van der Waals surface area contributed by atoms with Crippen LogP contribution in [0.3, 0.4) is 0 Å². The predicted molar refractivity (Wildman–Crippen MR) is 52.3 cm³/mol. The van der Waals surface area contributed by atoms with Crippen LogP contribution in [-0.4, -0.2) is 11.6 Å². The summed E-state index contributed by atoms with van der Waals surface area (Å²) in [6.45, 7) is 4.60. The van der Waals surface area contributed by atoms with Gasteiger partial charge in [0.25, 0.3) is 0 Å². The van der Waals surface area contributed by atoms with Crippen molar-refractivity contribution in [3.63, 3.8) is 0 Å². The van der Waals surface area contributed by atoms with E-state index in [1.54, 1.807) is 0 Å². The number of hydrogen-bond donors (Lipinski definition) is 0. The van der Waals surface area contributed by atoms with Crippen molar-refractivity contribution in [1.82, 2.24) is 4.98 Å². The van der Waals surface area contributed by atoms with Gasteiger partial charge in [-0.15, -0.1) is 0 Å². The average molecular weight is 175 g/mol. The van der Waals surface area contributed by atoms with E-state index < -0.39 is 0 Å². The molecule has 2 nitrogen and oxygen atoms in total. The third-order valence-electron chi connectivity index (χ3n) is 2.30. The van der Waals surface area contributed by atoms with Crippen LogP contribution in [0, 0.1) is 0 Å². The smallest absolute Gasteiger partial charge is 0.0995 e. The molecule has 1 unspecified atom stereocenters. The third-order valence-corrected chi connectivity index (χ3v) is 2.30. The molecule has 1 aliphatic heterocycles. The molecule has 0 bridgehead atoms. The van der Waals surface area contributed by atoms with E-state index in [1.165, 1.54) is 0 Å². The van der Waals surface area contributed by atoms with Crippen molar-refractivity contribution in [3.05, 3.63) is 36.2 Å². The van der Waals surface area contributed by atoms with Crippen LogP contribution in [0.4, 0.5) is 0 Å². The van der Waals surface area contributed by atoms with Crippen LogP contribution < -0.4 is 0 Å². The maximum absolute atomic E-state index is 5.54. The Morgan fingerprint density at radius 3 is 3.23 bits per heavy atom. The molecule has 1 fully saturated rings. The van der Waals surface area contributed by atoms with Crippen molar-refractivity contribution >= 4 is 6.08 Å². The first kappa shape index (κ1) is 8.45. The number of ether oxygens (including phenoxy) is 1. The lowest BCUT2D eigenvalue weighted by Gasteiger charge is -2.08. The van der Waals surface area contributed by atoms with Gasteiger partial charge in [0.2, 0.25) is 0 Å². The van der Waals surface area contributed by atoms with Gasteiger partial charge in [-0.2, -0.15) is 0 Å². The molecule has 1 saturated heterocycles. The summed E-state index contributed by atoms with van der Waals surface area (Å²) in [7, 11) is 0. The normalized spacial score (nSPS) is 21.7. The number of hydrogen-bond acceptors (Lipinski definition) is 2. The average Bonchev–Trinajstić information content (AvgIpc) is 2.71. The molecule has 13 heavy (non-hydrogen) atoms. The van der Waals surface area contributed by atoms with E-state index in [9.17, 15) is 0 Å². The highest BCUT2D eigenvalue weighted by atomic mass is 16.5. The molecular formula is C11H13NO. The number of nitrogens with zero attached hydrogens (tertiary/aromatic N) is 1. The summed E-state index contributed by atoms with van der Waals surface area (Å²) in [5, 5.41) is 0. The van der Waals surface area contributed by atoms with E-state index in [1.807, 2.05) is 24.4 Å². The standard InChI is InChI=1S/C11H13NO/c1-2-9-5-6-12-10(8-9)11-4-3-7-13-11/h2,5-6,8,11H,1,3-4,7H2. The highest BCUT2D eigenvalue weighted by molar-refractivity contribution is 5.46. The fourth-order valence-corrected chi connectivity index (χ4v) is 1.58. The number of aromatic nitrogens is 1. The van der Waals surface area contributed by atoms with Gasteiger partial charge in [0.05, 0.1) is 11.8 Å². The molecule has 0 saturated carbocycles. The first-order valence-electron chi connectivity index (χ1n) is 4.60. The van der Waals surface area contributed by atoms with Gasteiger partial charge >= 0.3 is 0 Å². The van der Waals surface area contributed by atoms with E-state index >= 15 is 0 Å². The minimum absolute atomic E-state index is 0.208. The summed E-state index contributed by atoms with van der Waals surface area (Å²) in [5.74, 6) is 0. The van der Waals surface area contributed by atoms with Crippen molar-refractivity contribution in [2.75, 3.05) is 6.61 Å². The van der Waals surface area contributed by atoms with Gasteiger partial charge in [-0.05, 0) is 30.5 Å². The molecule has 0 spiro atoms. The van der Waals surface area contributed by atoms with Crippen molar-refractivity contribution in [2.45, 2.75) is 18.9 Å². The zero-order chi connectivity index (χ0) is 9.10.